The molecule has 1 aromatic carbocycles. The second-order valence-corrected chi connectivity index (χ2v) is 4.69. The summed E-state index contributed by atoms with van der Waals surface area (Å²) in [6.45, 7) is -2.55. The Bertz CT molecular complexity index is 649. The fraction of sp³-hybridized carbons (Fsp3) is 0.286. The van der Waals surface area contributed by atoms with Crippen LogP contribution in [0.15, 0.2) is 29.4 Å². The van der Waals surface area contributed by atoms with Crippen molar-refractivity contribution < 1.29 is 22.7 Å². The molecule has 9 heteroatoms. The maximum Gasteiger partial charge on any atom is 0.414 e. The Labute approximate surface area is 130 Å². The second-order valence-electron chi connectivity index (χ2n) is 4.69. The third-order valence-corrected chi connectivity index (χ3v) is 3.22. The van der Waals surface area contributed by atoms with Crippen molar-refractivity contribution in [3.05, 3.63) is 35.8 Å². The number of hydrogen-bond donors (Lipinski definition) is 2. The molecule has 0 radical (unpaired) electrons. The van der Waals surface area contributed by atoms with Crippen molar-refractivity contribution in [3.8, 4) is 0 Å². The molecule has 1 saturated heterocycles. The Morgan fingerprint density at radius 1 is 1.52 bits per heavy atom. The van der Waals surface area contributed by atoms with E-state index in [1.165, 1.54) is 17.0 Å². The number of allylic oxidation sites excluding steroid dienone is 1. The zero-order chi connectivity index (χ0) is 17.0. The van der Waals surface area contributed by atoms with E-state index in [0.29, 0.717) is 0 Å². The van der Waals surface area contributed by atoms with E-state index in [0.717, 1.165) is 18.5 Å². The smallest absolute Gasteiger partial charge is 0.414 e. The number of benzene rings is 1. The molecule has 1 aliphatic heterocycles. The molecule has 1 aromatic rings. The van der Waals surface area contributed by atoms with E-state index in [2.05, 4.69) is 4.99 Å². The lowest BCUT2D eigenvalue weighted by atomic mass is 10.1. The van der Waals surface area contributed by atoms with Gasteiger partial charge in [0.1, 0.15) is 11.9 Å². The SMILES string of the molecule is NC=C(C=NC(F)F)c1ccc(N2C[C@H](CN)OC2=O)cc1F. The molecule has 2 rings (SSSR count). The van der Waals surface area contributed by atoms with Crippen molar-refractivity contribution >= 4 is 23.6 Å². The molecular weight excluding hydrogens is 313 g/mol. The summed E-state index contributed by atoms with van der Waals surface area (Å²) in [6, 6.07) is 3.87. The highest BCUT2D eigenvalue weighted by Gasteiger charge is 2.31. The van der Waals surface area contributed by atoms with Gasteiger partial charge in [-0.15, -0.1) is 0 Å². The van der Waals surface area contributed by atoms with Crippen molar-refractivity contribution in [1.29, 1.82) is 0 Å². The van der Waals surface area contributed by atoms with E-state index in [-0.39, 0.29) is 29.9 Å². The van der Waals surface area contributed by atoms with Gasteiger partial charge in [0, 0.05) is 30.1 Å². The van der Waals surface area contributed by atoms with Crippen LogP contribution >= 0.6 is 0 Å². The molecule has 4 N–H and O–H groups in total. The van der Waals surface area contributed by atoms with Crippen LogP contribution in [0.3, 0.4) is 0 Å². The third kappa shape index (κ3) is 3.81. The monoisotopic (exact) mass is 328 g/mol. The molecule has 1 heterocycles. The topological polar surface area (TPSA) is 93.9 Å². The largest absolute Gasteiger partial charge is 0.443 e. The highest BCUT2D eigenvalue weighted by atomic mass is 19.3. The van der Waals surface area contributed by atoms with E-state index < -0.39 is 24.6 Å². The number of aliphatic imine (C=N–C) groups is 1. The Balaban J connectivity index is 2.26. The van der Waals surface area contributed by atoms with Gasteiger partial charge in [0.15, 0.2) is 0 Å². The molecule has 1 fully saturated rings. The second kappa shape index (κ2) is 7.14. The molecule has 0 aliphatic carbocycles. The molecule has 1 amide bonds. The maximum atomic E-state index is 14.2. The summed E-state index contributed by atoms with van der Waals surface area (Å²) in [5.41, 5.74) is 11.0. The number of anilines is 1. The first-order valence-corrected chi connectivity index (χ1v) is 6.67. The Hall–Kier alpha value is -2.55. The summed E-state index contributed by atoms with van der Waals surface area (Å²) in [7, 11) is 0. The fourth-order valence-corrected chi connectivity index (χ4v) is 2.10. The maximum absolute atomic E-state index is 14.2. The standard InChI is InChI=1S/C14H15F3N4O2/c15-12-3-9(21-7-10(5-19)23-14(21)22)1-2-11(12)8(4-18)6-20-13(16)17/h1-4,6,10,13H,5,7,18-19H2/t10-/m0/s1. The van der Waals surface area contributed by atoms with Gasteiger partial charge >= 0.3 is 12.6 Å². The summed E-state index contributed by atoms with van der Waals surface area (Å²) >= 11 is 0. The van der Waals surface area contributed by atoms with Gasteiger partial charge in [-0.05, 0) is 18.2 Å². The van der Waals surface area contributed by atoms with Crippen molar-refractivity contribution in [2.45, 2.75) is 12.7 Å². The van der Waals surface area contributed by atoms with Gasteiger partial charge < -0.3 is 16.2 Å². The van der Waals surface area contributed by atoms with E-state index >= 15 is 0 Å². The van der Waals surface area contributed by atoms with E-state index in [1.54, 1.807) is 0 Å². The summed E-state index contributed by atoms with van der Waals surface area (Å²) in [5.74, 6) is -0.732. The minimum absolute atomic E-state index is 0.00168. The number of amides is 1. The molecule has 0 unspecified atom stereocenters. The number of halogens is 3. The van der Waals surface area contributed by atoms with E-state index in [9.17, 15) is 18.0 Å². The first-order chi connectivity index (χ1) is 11.0. The van der Waals surface area contributed by atoms with Gasteiger partial charge in [0.05, 0.1) is 12.2 Å². The molecule has 0 spiro atoms. The Morgan fingerprint density at radius 3 is 2.78 bits per heavy atom. The average molecular weight is 328 g/mol. The van der Waals surface area contributed by atoms with Crippen LogP contribution in [0.1, 0.15) is 5.56 Å². The van der Waals surface area contributed by atoms with Crippen LogP contribution in [0, 0.1) is 5.82 Å². The first-order valence-electron chi connectivity index (χ1n) is 6.67. The number of hydrogen-bond acceptors (Lipinski definition) is 5. The van der Waals surface area contributed by atoms with Gasteiger partial charge in [-0.2, -0.15) is 8.78 Å². The summed E-state index contributed by atoms with van der Waals surface area (Å²) < 4.78 is 43.4. The van der Waals surface area contributed by atoms with Crippen LogP contribution in [-0.2, 0) is 4.74 Å². The number of alkyl halides is 2. The zero-order valence-corrected chi connectivity index (χ0v) is 12.0. The fourth-order valence-electron chi connectivity index (χ4n) is 2.10. The molecule has 0 saturated carbocycles. The lowest BCUT2D eigenvalue weighted by molar-refractivity contribution is 0.145. The van der Waals surface area contributed by atoms with Gasteiger partial charge in [-0.25, -0.2) is 14.2 Å². The van der Waals surface area contributed by atoms with Crippen molar-refractivity contribution in [1.82, 2.24) is 0 Å². The Kier molecular flexibility index (Phi) is 5.22. The predicted molar refractivity (Wildman–Crippen MR) is 79.7 cm³/mol. The van der Waals surface area contributed by atoms with Crippen LogP contribution in [-0.4, -0.2) is 38.1 Å². The molecule has 6 nitrogen and oxygen atoms in total. The minimum atomic E-state index is -2.92. The zero-order valence-electron chi connectivity index (χ0n) is 12.0. The van der Waals surface area contributed by atoms with Crippen LogP contribution in [0.25, 0.3) is 5.57 Å². The lowest BCUT2D eigenvalue weighted by Gasteiger charge is -2.14. The normalized spacial score (nSPS) is 19.0. The minimum Gasteiger partial charge on any atom is -0.443 e. The van der Waals surface area contributed by atoms with Gasteiger partial charge in [0.25, 0.3) is 0 Å². The third-order valence-electron chi connectivity index (χ3n) is 3.22. The molecule has 0 bridgehead atoms. The quantitative estimate of drug-likeness (QED) is 0.635. The molecule has 1 atom stereocenters. The molecule has 1 aliphatic rings. The number of carbonyl (C=O) groups is 1. The van der Waals surface area contributed by atoms with Crippen LogP contribution in [0.4, 0.5) is 23.7 Å². The highest BCUT2D eigenvalue weighted by molar-refractivity contribution is 6.09. The van der Waals surface area contributed by atoms with Crippen LogP contribution in [0.2, 0.25) is 0 Å². The number of cyclic esters (lactones) is 1. The van der Waals surface area contributed by atoms with Crippen LogP contribution < -0.4 is 16.4 Å². The van der Waals surface area contributed by atoms with E-state index in [1.807, 2.05) is 0 Å². The lowest BCUT2D eigenvalue weighted by Crippen LogP contribution is -2.27. The summed E-state index contributed by atoms with van der Waals surface area (Å²) in [6.07, 6.45) is 0.680. The van der Waals surface area contributed by atoms with Gasteiger partial charge in [0.2, 0.25) is 0 Å². The number of carbonyl (C=O) groups excluding carboxylic acids is 1. The van der Waals surface area contributed by atoms with Crippen LogP contribution in [0.5, 0.6) is 0 Å². The first kappa shape index (κ1) is 16.8. The number of nitrogens with zero attached hydrogens (tertiary/aromatic N) is 2. The number of rotatable bonds is 5. The van der Waals surface area contributed by atoms with Crippen molar-refractivity contribution in [2.75, 3.05) is 18.0 Å². The molecule has 124 valence electrons. The van der Waals surface area contributed by atoms with Gasteiger partial charge in [-0.1, -0.05) is 0 Å². The molecule has 0 aromatic heterocycles. The average Bonchev–Trinajstić information content (AvgIpc) is 2.90. The number of nitrogens with two attached hydrogens (primary N) is 2. The van der Waals surface area contributed by atoms with Crippen molar-refractivity contribution in [2.24, 2.45) is 16.5 Å². The Morgan fingerprint density at radius 2 is 2.26 bits per heavy atom. The number of ether oxygens (including phenoxy) is 1. The summed E-state index contributed by atoms with van der Waals surface area (Å²) in [4.78, 5) is 15.8. The predicted octanol–water partition coefficient (Wildman–Crippen LogP) is 1.70. The highest BCUT2D eigenvalue weighted by Crippen LogP contribution is 2.26. The van der Waals surface area contributed by atoms with E-state index in [4.69, 9.17) is 16.2 Å². The molecular formula is C14H15F3N4O2. The van der Waals surface area contributed by atoms with Crippen molar-refractivity contribution in [3.63, 3.8) is 0 Å². The van der Waals surface area contributed by atoms with Gasteiger partial charge in [-0.3, -0.25) is 4.90 Å². The molecule has 23 heavy (non-hydrogen) atoms. The summed E-state index contributed by atoms with van der Waals surface area (Å²) in [5, 5.41) is 0.